The van der Waals surface area contributed by atoms with Gasteiger partial charge >= 0.3 is 0 Å². The predicted octanol–water partition coefficient (Wildman–Crippen LogP) is 4.99. The van der Waals surface area contributed by atoms with Crippen molar-refractivity contribution in [3.63, 3.8) is 0 Å². The van der Waals surface area contributed by atoms with Crippen LogP contribution in [0.2, 0.25) is 0 Å². The van der Waals surface area contributed by atoms with Crippen LogP contribution in [0.5, 0.6) is 0 Å². The summed E-state index contributed by atoms with van der Waals surface area (Å²) in [6, 6.07) is 10.3. The lowest BCUT2D eigenvalue weighted by molar-refractivity contribution is -0.128. The highest BCUT2D eigenvalue weighted by molar-refractivity contribution is 9.10. The second-order valence-corrected chi connectivity index (χ2v) is 10.2. The molecule has 4 aliphatic carbocycles. The van der Waals surface area contributed by atoms with Crippen LogP contribution in [-0.4, -0.2) is 10.2 Å². The highest BCUT2D eigenvalue weighted by atomic mass is 79.9. The minimum absolute atomic E-state index is 0.0931. The van der Waals surface area contributed by atoms with E-state index >= 15 is 0 Å². The molecule has 1 amide bonds. The van der Waals surface area contributed by atoms with Crippen LogP contribution in [0, 0.1) is 17.3 Å². The molecule has 5 atom stereocenters. The predicted molar refractivity (Wildman–Crippen MR) is 96.4 cm³/mol. The van der Waals surface area contributed by atoms with Gasteiger partial charge in [-0.05, 0) is 68.3 Å². The third kappa shape index (κ3) is 3.09. The van der Waals surface area contributed by atoms with Crippen molar-refractivity contribution in [1.29, 1.82) is 0 Å². The lowest BCUT2D eigenvalue weighted by Gasteiger charge is -2.60. The fourth-order valence-electron chi connectivity index (χ4n) is 6.00. The standard InChI is InChI=1S/C20H26BrNO/c1-14(17-5-3-2-4-6-17)22-18(23)12-19-8-15-7-16(9-19)11-20(21,10-15)13-19/h2-6,14-16H,7-13H2,1H3,(H,22,23)/t14-,15-,16+,19?,20?/m1/s1. The molecule has 0 saturated heterocycles. The zero-order valence-electron chi connectivity index (χ0n) is 13.9. The number of alkyl halides is 1. The molecule has 124 valence electrons. The second-order valence-electron chi connectivity index (χ2n) is 8.49. The third-order valence-electron chi connectivity index (χ3n) is 6.32. The van der Waals surface area contributed by atoms with E-state index in [2.05, 4.69) is 40.3 Å². The first-order valence-corrected chi connectivity index (χ1v) is 9.78. The van der Waals surface area contributed by atoms with Crippen molar-refractivity contribution in [2.45, 2.75) is 62.2 Å². The number of halogens is 1. The van der Waals surface area contributed by atoms with E-state index in [4.69, 9.17) is 0 Å². The molecule has 4 saturated carbocycles. The van der Waals surface area contributed by atoms with Gasteiger partial charge in [-0.3, -0.25) is 4.79 Å². The van der Waals surface area contributed by atoms with E-state index in [1.165, 1.54) is 44.1 Å². The van der Waals surface area contributed by atoms with Crippen molar-refractivity contribution in [3.8, 4) is 0 Å². The van der Waals surface area contributed by atoms with E-state index in [9.17, 15) is 4.79 Å². The molecule has 2 unspecified atom stereocenters. The summed E-state index contributed by atoms with van der Waals surface area (Å²) in [5.74, 6) is 1.92. The van der Waals surface area contributed by atoms with Gasteiger partial charge < -0.3 is 5.32 Å². The summed E-state index contributed by atoms with van der Waals surface area (Å²) in [7, 11) is 0. The van der Waals surface area contributed by atoms with Crippen molar-refractivity contribution >= 4 is 21.8 Å². The van der Waals surface area contributed by atoms with Crippen LogP contribution in [0.4, 0.5) is 0 Å². The van der Waals surface area contributed by atoms with E-state index in [0.717, 1.165) is 11.8 Å². The average molecular weight is 376 g/mol. The number of hydrogen-bond donors (Lipinski definition) is 1. The summed E-state index contributed by atoms with van der Waals surface area (Å²) >= 11 is 4.04. The van der Waals surface area contributed by atoms with Crippen molar-refractivity contribution in [1.82, 2.24) is 5.32 Å². The molecule has 0 aliphatic heterocycles. The molecule has 0 aromatic heterocycles. The molecular weight excluding hydrogens is 350 g/mol. The first-order chi connectivity index (χ1) is 11.0. The van der Waals surface area contributed by atoms with E-state index in [-0.39, 0.29) is 17.4 Å². The van der Waals surface area contributed by atoms with Gasteiger partial charge in [0, 0.05) is 10.7 Å². The van der Waals surface area contributed by atoms with E-state index in [1.54, 1.807) is 0 Å². The largest absolute Gasteiger partial charge is 0.350 e. The zero-order chi connectivity index (χ0) is 16.1. The molecule has 1 aromatic rings. The van der Waals surface area contributed by atoms with Crippen molar-refractivity contribution in [2.75, 3.05) is 0 Å². The number of nitrogens with one attached hydrogen (secondary N) is 1. The fraction of sp³-hybridized carbons (Fsp3) is 0.650. The van der Waals surface area contributed by atoms with Crippen LogP contribution in [0.15, 0.2) is 30.3 Å². The van der Waals surface area contributed by atoms with Crippen LogP contribution in [0.1, 0.15) is 63.5 Å². The Kier molecular flexibility index (Phi) is 3.83. The molecule has 4 aliphatic rings. The molecule has 4 fully saturated rings. The minimum atomic E-state index is 0.0931. The van der Waals surface area contributed by atoms with Crippen LogP contribution in [0.25, 0.3) is 0 Å². The van der Waals surface area contributed by atoms with E-state index in [1.807, 2.05) is 18.2 Å². The Morgan fingerprint density at radius 2 is 1.87 bits per heavy atom. The molecule has 0 heterocycles. The molecule has 23 heavy (non-hydrogen) atoms. The molecule has 2 nitrogen and oxygen atoms in total. The van der Waals surface area contributed by atoms with Gasteiger partial charge in [-0.25, -0.2) is 0 Å². The first kappa shape index (κ1) is 15.7. The van der Waals surface area contributed by atoms with Crippen molar-refractivity contribution in [3.05, 3.63) is 35.9 Å². The average Bonchev–Trinajstić information content (AvgIpc) is 2.44. The summed E-state index contributed by atoms with van der Waals surface area (Å²) < 4.78 is 0.336. The van der Waals surface area contributed by atoms with Gasteiger partial charge in [0.15, 0.2) is 0 Å². The van der Waals surface area contributed by atoms with Crippen LogP contribution in [-0.2, 0) is 4.79 Å². The highest BCUT2D eigenvalue weighted by Crippen LogP contribution is 2.65. The van der Waals surface area contributed by atoms with Crippen LogP contribution >= 0.6 is 15.9 Å². The molecule has 1 N–H and O–H groups in total. The van der Waals surface area contributed by atoms with Gasteiger partial charge in [0.1, 0.15) is 0 Å². The summed E-state index contributed by atoms with van der Waals surface area (Å²) in [5, 5.41) is 3.23. The molecule has 3 heteroatoms. The van der Waals surface area contributed by atoms with Gasteiger partial charge in [-0.2, -0.15) is 0 Å². The Balaban J connectivity index is 1.43. The smallest absolute Gasteiger partial charge is 0.221 e. The van der Waals surface area contributed by atoms with Gasteiger partial charge in [0.05, 0.1) is 6.04 Å². The lowest BCUT2D eigenvalue weighted by atomic mass is 9.48. The number of amides is 1. The Bertz CT molecular complexity index is 585. The third-order valence-corrected chi connectivity index (χ3v) is 7.25. The summed E-state index contributed by atoms with van der Waals surface area (Å²) in [6.07, 6.45) is 8.50. The number of hydrogen-bond acceptors (Lipinski definition) is 1. The Labute approximate surface area is 147 Å². The zero-order valence-corrected chi connectivity index (χ0v) is 15.4. The van der Waals surface area contributed by atoms with Crippen LogP contribution < -0.4 is 5.32 Å². The number of rotatable bonds is 4. The highest BCUT2D eigenvalue weighted by Gasteiger charge is 2.57. The number of carbonyl (C=O) groups excluding carboxylic acids is 1. The van der Waals surface area contributed by atoms with E-state index < -0.39 is 0 Å². The summed E-state index contributed by atoms with van der Waals surface area (Å²) in [6.45, 7) is 2.08. The Morgan fingerprint density at radius 1 is 1.22 bits per heavy atom. The molecular formula is C20H26BrNO. The van der Waals surface area contributed by atoms with Gasteiger partial charge in [0.25, 0.3) is 0 Å². The normalized spacial score (nSPS) is 39.2. The monoisotopic (exact) mass is 375 g/mol. The number of benzene rings is 1. The lowest BCUT2D eigenvalue weighted by Crippen LogP contribution is -2.54. The summed E-state index contributed by atoms with van der Waals surface area (Å²) in [4.78, 5) is 12.7. The first-order valence-electron chi connectivity index (χ1n) is 8.99. The van der Waals surface area contributed by atoms with Crippen molar-refractivity contribution in [2.24, 2.45) is 17.3 Å². The molecule has 5 rings (SSSR count). The van der Waals surface area contributed by atoms with E-state index in [0.29, 0.717) is 10.7 Å². The quantitative estimate of drug-likeness (QED) is 0.737. The fourth-order valence-corrected chi connectivity index (χ4v) is 7.51. The minimum Gasteiger partial charge on any atom is -0.350 e. The van der Waals surface area contributed by atoms with Crippen LogP contribution in [0.3, 0.4) is 0 Å². The van der Waals surface area contributed by atoms with Gasteiger partial charge in [0.2, 0.25) is 5.91 Å². The summed E-state index contributed by atoms with van der Waals surface area (Å²) in [5.41, 5.74) is 1.44. The molecule has 0 radical (unpaired) electrons. The Hall–Kier alpha value is -0.830. The maximum atomic E-state index is 12.7. The van der Waals surface area contributed by atoms with Gasteiger partial charge in [-0.15, -0.1) is 0 Å². The maximum absolute atomic E-state index is 12.7. The number of carbonyl (C=O) groups is 1. The second kappa shape index (κ2) is 5.61. The maximum Gasteiger partial charge on any atom is 0.221 e. The topological polar surface area (TPSA) is 29.1 Å². The Morgan fingerprint density at radius 3 is 2.48 bits per heavy atom. The molecule has 4 bridgehead atoms. The van der Waals surface area contributed by atoms with Gasteiger partial charge in [-0.1, -0.05) is 46.3 Å². The SMILES string of the molecule is C[C@@H](NC(=O)CC12C[C@@H]3C[C@@H](CC(Br)(C3)C1)C2)c1ccccc1. The molecule has 1 aromatic carbocycles. The van der Waals surface area contributed by atoms with Crippen molar-refractivity contribution < 1.29 is 4.79 Å². The molecule has 0 spiro atoms.